The van der Waals surface area contributed by atoms with Gasteiger partial charge in [0.15, 0.2) is 0 Å². The minimum atomic E-state index is 0.0408. The molecule has 0 unspecified atom stereocenters. The van der Waals surface area contributed by atoms with Gasteiger partial charge in [0.1, 0.15) is 0 Å². The molecule has 2 heterocycles. The van der Waals surface area contributed by atoms with Crippen LogP contribution < -0.4 is 0 Å². The minimum absolute atomic E-state index is 0.0408. The Hall–Kier alpha value is -2.49. The van der Waals surface area contributed by atoms with Crippen molar-refractivity contribution in [2.45, 2.75) is 38.8 Å². The van der Waals surface area contributed by atoms with Gasteiger partial charge in [-0.15, -0.1) is 0 Å². The summed E-state index contributed by atoms with van der Waals surface area (Å²) in [7, 11) is 0. The van der Waals surface area contributed by atoms with E-state index in [0.29, 0.717) is 0 Å². The molecule has 0 saturated carbocycles. The van der Waals surface area contributed by atoms with Crippen molar-refractivity contribution in [3.63, 3.8) is 0 Å². The van der Waals surface area contributed by atoms with Crippen LogP contribution in [-0.2, 0) is 24.9 Å². The first-order valence-corrected chi connectivity index (χ1v) is 11.2. The fourth-order valence-corrected chi connectivity index (χ4v) is 5.31. The third kappa shape index (κ3) is 3.57. The van der Waals surface area contributed by atoms with Gasteiger partial charge >= 0.3 is 0 Å². The normalized spacial score (nSPS) is 19.0. The van der Waals surface area contributed by atoms with Crippen LogP contribution in [0.2, 0.25) is 0 Å². The van der Waals surface area contributed by atoms with Crippen molar-refractivity contribution >= 4 is 0 Å². The fraction of sp³-hybridized carbons (Fsp3) is 0.370. The second kappa shape index (κ2) is 7.98. The van der Waals surface area contributed by atoms with Gasteiger partial charge in [-0.25, -0.2) is 0 Å². The number of rotatable bonds is 4. The maximum Gasteiger partial charge on any atom is 0.0557 e. The number of fused-ring (bicyclic) bond motifs is 1. The van der Waals surface area contributed by atoms with Crippen LogP contribution in [0, 0.1) is 13.8 Å². The van der Waals surface area contributed by atoms with Crippen LogP contribution in [0.1, 0.15) is 33.5 Å². The average molecular weight is 398 g/mol. The molecular weight excluding hydrogens is 366 g/mol. The summed E-state index contributed by atoms with van der Waals surface area (Å²) in [6, 6.07) is 22.3. The number of hydrogen-bond donors (Lipinski definition) is 0. The molecular formula is C27H31N3. The summed E-state index contributed by atoms with van der Waals surface area (Å²) >= 11 is 0. The van der Waals surface area contributed by atoms with E-state index in [1.54, 1.807) is 0 Å². The van der Waals surface area contributed by atoms with Crippen molar-refractivity contribution in [3.8, 4) is 0 Å². The Morgan fingerprint density at radius 3 is 2.10 bits per heavy atom. The molecule has 154 valence electrons. The molecule has 0 amide bonds. The predicted octanol–water partition coefficient (Wildman–Crippen LogP) is 4.51. The van der Waals surface area contributed by atoms with E-state index in [2.05, 4.69) is 95.5 Å². The van der Waals surface area contributed by atoms with E-state index in [1.165, 1.54) is 27.8 Å². The summed E-state index contributed by atoms with van der Waals surface area (Å²) in [6.45, 7) is 9.80. The van der Waals surface area contributed by atoms with Gasteiger partial charge in [-0.3, -0.25) is 14.8 Å². The van der Waals surface area contributed by atoms with Gasteiger partial charge in [-0.1, -0.05) is 54.6 Å². The number of nitrogens with zero attached hydrogens (tertiary/aromatic N) is 3. The first kappa shape index (κ1) is 19.5. The lowest BCUT2D eigenvalue weighted by atomic mass is 9.85. The molecule has 0 atom stereocenters. The van der Waals surface area contributed by atoms with Crippen molar-refractivity contribution < 1.29 is 0 Å². The van der Waals surface area contributed by atoms with E-state index < -0.39 is 0 Å². The molecule has 1 aliphatic heterocycles. The standard InChI is InChI=1S/C27H31N3/c1-21-7-3-4-10-25(21)20-29-13-15-30(16-14-29)27(26-12-11-22(2)28-19-26)17-23-8-5-6-9-24(23)18-27/h3-12,19H,13-18,20H2,1-2H3. The molecule has 1 aromatic heterocycles. The average Bonchev–Trinajstić information content (AvgIpc) is 3.17. The van der Waals surface area contributed by atoms with Crippen LogP contribution >= 0.6 is 0 Å². The van der Waals surface area contributed by atoms with E-state index in [4.69, 9.17) is 0 Å². The van der Waals surface area contributed by atoms with Crippen LogP contribution in [0.25, 0.3) is 0 Å². The number of aryl methyl sites for hydroxylation is 2. The van der Waals surface area contributed by atoms with Crippen LogP contribution in [0.3, 0.4) is 0 Å². The number of aromatic nitrogens is 1. The highest BCUT2D eigenvalue weighted by molar-refractivity contribution is 5.41. The smallest absolute Gasteiger partial charge is 0.0557 e. The summed E-state index contributed by atoms with van der Waals surface area (Å²) < 4.78 is 0. The highest BCUT2D eigenvalue weighted by atomic mass is 15.3. The summed E-state index contributed by atoms with van der Waals surface area (Å²) in [5.74, 6) is 0. The summed E-state index contributed by atoms with van der Waals surface area (Å²) in [5, 5.41) is 0. The molecule has 0 N–H and O–H groups in total. The molecule has 1 fully saturated rings. The first-order chi connectivity index (χ1) is 14.6. The first-order valence-electron chi connectivity index (χ1n) is 11.2. The van der Waals surface area contributed by atoms with Crippen LogP contribution in [-0.4, -0.2) is 41.0 Å². The molecule has 1 aliphatic carbocycles. The zero-order valence-electron chi connectivity index (χ0n) is 18.1. The number of piperazine rings is 1. The van der Waals surface area contributed by atoms with E-state index in [9.17, 15) is 0 Å². The molecule has 3 aromatic rings. The molecule has 2 aromatic carbocycles. The molecule has 0 bridgehead atoms. The van der Waals surface area contributed by atoms with Crippen molar-refractivity contribution in [1.82, 2.24) is 14.8 Å². The lowest BCUT2D eigenvalue weighted by molar-refractivity contribution is 0.0314. The highest BCUT2D eigenvalue weighted by Gasteiger charge is 2.44. The van der Waals surface area contributed by atoms with E-state index in [0.717, 1.165) is 51.3 Å². The second-order valence-electron chi connectivity index (χ2n) is 9.03. The third-order valence-corrected chi connectivity index (χ3v) is 7.17. The predicted molar refractivity (Wildman–Crippen MR) is 123 cm³/mol. The summed E-state index contributed by atoms with van der Waals surface area (Å²) in [6.07, 6.45) is 4.30. The maximum atomic E-state index is 4.67. The Bertz CT molecular complexity index is 991. The molecule has 2 aliphatic rings. The van der Waals surface area contributed by atoms with Crippen LogP contribution in [0.15, 0.2) is 66.9 Å². The molecule has 30 heavy (non-hydrogen) atoms. The van der Waals surface area contributed by atoms with Crippen molar-refractivity contribution in [3.05, 3.63) is 100 Å². The Morgan fingerprint density at radius 1 is 0.800 bits per heavy atom. The Balaban J connectivity index is 1.38. The van der Waals surface area contributed by atoms with E-state index in [1.807, 2.05) is 0 Å². The molecule has 0 radical (unpaired) electrons. The monoisotopic (exact) mass is 397 g/mol. The third-order valence-electron chi connectivity index (χ3n) is 7.17. The zero-order chi connectivity index (χ0) is 20.6. The SMILES string of the molecule is Cc1ccc(C2(N3CCN(Cc4ccccc4C)CC3)Cc3ccccc3C2)cn1. The maximum absolute atomic E-state index is 4.67. The molecule has 1 saturated heterocycles. The molecule has 3 nitrogen and oxygen atoms in total. The van der Waals surface area contributed by atoms with Gasteiger partial charge in [-0.2, -0.15) is 0 Å². The van der Waals surface area contributed by atoms with Crippen molar-refractivity contribution in [2.75, 3.05) is 26.2 Å². The van der Waals surface area contributed by atoms with Gasteiger partial charge in [0.2, 0.25) is 0 Å². The van der Waals surface area contributed by atoms with Gasteiger partial charge in [-0.05, 0) is 60.6 Å². The number of hydrogen-bond acceptors (Lipinski definition) is 3. The van der Waals surface area contributed by atoms with Gasteiger partial charge in [0, 0.05) is 44.6 Å². The molecule has 3 heteroatoms. The minimum Gasteiger partial charge on any atom is -0.297 e. The molecule has 0 spiro atoms. The number of benzene rings is 2. The number of pyridine rings is 1. The largest absolute Gasteiger partial charge is 0.297 e. The topological polar surface area (TPSA) is 19.4 Å². The van der Waals surface area contributed by atoms with Crippen LogP contribution in [0.5, 0.6) is 0 Å². The lowest BCUT2D eigenvalue weighted by Crippen LogP contribution is -2.56. The van der Waals surface area contributed by atoms with E-state index in [-0.39, 0.29) is 5.54 Å². The Morgan fingerprint density at radius 2 is 1.47 bits per heavy atom. The summed E-state index contributed by atoms with van der Waals surface area (Å²) in [5.41, 5.74) is 8.36. The lowest BCUT2D eigenvalue weighted by Gasteiger charge is -2.46. The van der Waals surface area contributed by atoms with Crippen LogP contribution in [0.4, 0.5) is 0 Å². The second-order valence-corrected chi connectivity index (χ2v) is 9.03. The summed E-state index contributed by atoms with van der Waals surface area (Å²) in [4.78, 5) is 10.0. The van der Waals surface area contributed by atoms with Crippen molar-refractivity contribution in [2.24, 2.45) is 0 Å². The van der Waals surface area contributed by atoms with E-state index >= 15 is 0 Å². The van der Waals surface area contributed by atoms with Gasteiger partial charge < -0.3 is 0 Å². The van der Waals surface area contributed by atoms with Gasteiger partial charge in [0.25, 0.3) is 0 Å². The Labute approximate surface area is 180 Å². The molecule has 5 rings (SSSR count). The van der Waals surface area contributed by atoms with Crippen molar-refractivity contribution in [1.29, 1.82) is 0 Å². The fourth-order valence-electron chi connectivity index (χ4n) is 5.31. The Kier molecular flexibility index (Phi) is 5.18. The quantitative estimate of drug-likeness (QED) is 0.646. The zero-order valence-corrected chi connectivity index (χ0v) is 18.1. The van der Waals surface area contributed by atoms with Gasteiger partial charge in [0.05, 0.1) is 5.54 Å². The highest BCUT2D eigenvalue weighted by Crippen LogP contribution is 2.42.